The number of carboxylic acid groups (broad SMARTS) is 1. The summed E-state index contributed by atoms with van der Waals surface area (Å²) < 4.78 is 29.5. The second-order valence-electron chi connectivity index (χ2n) is 2.98. The summed E-state index contributed by atoms with van der Waals surface area (Å²) >= 11 is 0. The molecule has 0 saturated carbocycles. The molecule has 0 amide bonds. The van der Waals surface area contributed by atoms with Crippen LogP contribution in [0.2, 0.25) is 0 Å². The zero-order valence-electron chi connectivity index (χ0n) is 8.41. The minimum absolute atomic E-state index is 0.00481. The molecule has 3 N–H and O–H groups in total. The number of pyridine rings is 1. The number of hydrogen-bond donors (Lipinski definition) is 2. The van der Waals surface area contributed by atoms with E-state index >= 15 is 0 Å². The van der Waals surface area contributed by atoms with Crippen LogP contribution in [0.25, 0.3) is 0 Å². The molecule has 1 aromatic heterocycles. The summed E-state index contributed by atoms with van der Waals surface area (Å²) in [5.74, 6) is -1.39. The summed E-state index contributed by atoms with van der Waals surface area (Å²) in [5.41, 5.74) is 4.95. The van der Waals surface area contributed by atoms with E-state index in [1.165, 1.54) is 7.11 Å². The number of nitrogen functional groups attached to an aromatic ring is 1. The molecule has 0 saturated heterocycles. The van der Waals surface area contributed by atoms with E-state index in [2.05, 4.69) is 4.98 Å². The van der Waals surface area contributed by atoms with Gasteiger partial charge in [0.15, 0.2) is 0 Å². The quantitative estimate of drug-likeness (QED) is 0.815. The van der Waals surface area contributed by atoms with Gasteiger partial charge in [0, 0.05) is 11.6 Å². The fourth-order valence-electron chi connectivity index (χ4n) is 1.21. The highest BCUT2D eigenvalue weighted by atomic mass is 19.3. The number of nitrogens with two attached hydrogens (primary N) is 1. The Balaban J connectivity index is 3.22. The van der Waals surface area contributed by atoms with Crippen molar-refractivity contribution >= 4 is 11.8 Å². The molecule has 0 spiro atoms. The number of rotatable bonds is 4. The van der Waals surface area contributed by atoms with Crippen molar-refractivity contribution in [1.29, 1.82) is 0 Å². The number of ether oxygens (including phenoxy) is 1. The van der Waals surface area contributed by atoms with Crippen LogP contribution in [0.15, 0.2) is 6.07 Å². The lowest BCUT2D eigenvalue weighted by molar-refractivity contribution is -0.136. The van der Waals surface area contributed by atoms with Gasteiger partial charge >= 0.3 is 5.97 Å². The number of methoxy groups -OCH3 is 1. The number of hydrogen-bond acceptors (Lipinski definition) is 4. The van der Waals surface area contributed by atoms with E-state index in [4.69, 9.17) is 15.6 Å². The van der Waals surface area contributed by atoms with Crippen LogP contribution < -0.4 is 10.5 Å². The molecule has 0 unspecified atom stereocenters. The molecule has 0 atom stereocenters. The molecular formula is C9H10F2N2O3. The lowest BCUT2D eigenvalue weighted by Crippen LogP contribution is -2.09. The van der Waals surface area contributed by atoms with E-state index in [0.29, 0.717) is 0 Å². The molecule has 7 heteroatoms. The Morgan fingerprint density at radius 1 is 1.69 bits per heavy atom. The molecule has 0 fully saturated rings. The second-order valence-corrected chi connectivity index (χ2v) is 2.98. The first-order valence-corrected chi connectivity index (χ1v) is 4.29. The smallest absolute Gasteiger partial charge is 0.308 e. The van der Waals surface area contributed by atoms with Gasteiger partial charge in [-0.2, -0.15) is 0 Å². The van der Waals surface area contributed by atoms with Crippen LogP contribution in [0.4, 0.5) is 14.6 Å². The SMILES string of the molecule is COc1cc(C(F)F)nc(N)c1CC(=O)O. The summed E-state index contributed by atoms with van der Waals surface area (Å²) in [6.45, 7) is 0. The fourth-order valence-corrected chi connectivity index (χ4v) is 1.21. The summed E-state index contributed by atoms with van der Waals surface area (Å²) in [7, 11) is 1.25. The number of alkyl halides is 2. The molecule has 88 valence electrons. The molecule has 0 radical (unpaired) electrons. The molecule has 1 aromatic rings. The largest absolute Gasteiger partial charge is 0.496 e. The Hall–Kier alpha value is -1.92. The van der Waals surface area contributed by atoms with E-state index < -0.39 is 24.5 Å². The van der Waals surface area contributed by atoms with Crippen LogP contribution in [-0.2, 0) is 11.2 Å². The van der Waals surface area contributed by atoms with Gasteiger partial charge < -0.3 is 15.6 Å². The first-order chi connectivity index (χ1) is 7.45. The molecule has 16 heavy (non-hydrogen) atoms. The zero-order chi connectivity index (χ0) is 12.3. The van der Waals surface area contributed by atoms with E-state index in [-0.39, 0.29) is 17.1 Å². The number of aromatic nitrogens is 1. The van der Waals surface area contributed by atoms with Crippen molar-refractivity contribution in [2.75, 3.05) is 12.8 Å². The number of carboxylic acids is 1. The maximum Gasteiger partial charge on any atom is 0.308 e. The minimum Gasteiger partial charge on any atom is -0.496 e. The van der Waals surface area contributed by atoms with Gasteiger partial charge in [0.2, 0.25) is 0 Å². The monoisotopic (exact) mass is 232 g/mol. The molecule has 0 aliphatic rings. The zero-order valence-corrected chi connectivity index (χ0v) is 8.41. The highest BCUT2D eigenvalue weighted by Crippen LogP contribution is 2.28. The number of nitrogens with zero attached hydrogens (tertiary/aromatic N) is 1. The number of aliphatic carboxylic acids is 1. The molecule has 0 bridgehead atoms. The third-order valence-electron chi connectivity index (χ3n) is 1.91. The van der Waals surface area contributed by atoms with Crippen molar-refractivity contribution in [1.82, 2.24) is 4.98 Å². The molecule has 1 rings (SSSR count). The highest BCUT2D eigenvalue weighted by Gasteiger charge is 2.18. The van der Waals surface area contributed by atoms with Crippen molar-refractivity contribution in [3.05, 3.63) is 17.3 Å². The number of carbonyl (C=O) groups is 1. The third kappa shape index (κ3) is 2.56. The van der Waals surface area contributed by atoms with Crippen molar-refractivity contribution in [2.24, 2.45) is 0 Å². The molecule has 0 aromatic carbocycles. The van der Waals surface area contributed by atoms with E-state index in [9.17, 15) is 13.6 Å². The Morgan fingerprint density at radius 3 is 2.75 bits per heavy atom. The van der Waals surface area contributed by atoms with Gasteiger partial charge in [0.05, 0.1) is 13.5 Å². The summed E-state index contributed by atoms with van der Waals surface area (Å²) in [5, 5.41) is 8.60. The maximum atomic E-state index is 12.4. The Bertz CT molecular complexity index is 410. The fraction of sp³-hybridized carbons (Fsp3) is 0.333. The van der Waals surface area contributed by atoms with Gasteiger partial charge in [-0.25, -0.2) is 13.8 Å². The molecular weight excluding hydrogens is 222 g/mol. The highest BCUT2D eigenvalue weighted by molar-refractivity contribution is 5.74. The van der Waals surface area contributed by atoms with E-state index in [1.807, 2.05) is 0 Å². The normalized spacial score (nSPS) is 10.5. The van der Waals surface area contributed by atoms with Crippen LogP contribution in [0.1, 0.15) is 17.7 Å². The van der Waals surface area contributed by atoms with Crippen molar-refractivity contribution < 1.29 is 23.4 Å². The Labute approximate surface area is 89.9 Å². The Morgan fingerprint density at radius 2 is 2.31 bits per heavy atom. The first-order valence-electron chi connectivity index (χ1n) is 4.29. The van der Waals surface area contributed by atoms with Gasteiger partial charge in [-0.3, -0.25) is 4.79 Å². The minimum atomic E-state index is -2.78. The van der Waals surface area contributed by atoms with Crippen LogP contribution >= 0.6 is 0 Å². The summed E-state index contributed by atoms with van der Waals surface area (Å²) in [4.78, 5) is 13.9. The van der Waals surface area contributed by atoms with Gasteiger partial charge in [0.1, 0.15) is 17.3 Å². The average Bonchev–Trinajstić information content (AvgIpc) is 2.19. The van der Waals surface area contributed by atoms with Gasteiger partial charge in [-0.1, -0.05) is 0 Å². The Kier molecular flexibility index (Phi) is 3.60. The standard InChI is InChI=1S/C9H10F2N2O3/c1-16-6-3-5(8(10)11)13-9(12)4(6)2-7(14)15/h3,8H,2H2,1H3,(H2,12,13)(H,14,15). The summed E-state index contributed by atoms with van der Waals surface area (Å²) in [6.07, 6.45) is -3.21. The predicted molar refractivity (Wildman–Crippen MR) is 51.5 cm³/mol. The molecule has 0 aliphatic heterocycles. The van der Waals surface area contributed by atoms with E-state index in [0.717, 1.165) is 6.07 Å². The number of anilines is 1. The topological polar surface area (TPSA) is 85.4 Å². The van der Waals surface area contributed by atoms with Crippen LogP contribution in [0.3, 0.4) is 0 Å². The third-order valence-corrected chi connectivity index (χ3v) is 1.91. The second kappa shape index (κ2) is 4.73. The maximum absolute atomic E-state index is 12.4. The van der Waals surface area contributed by atoms with Crippen LogP contribution in [0.5, 0.6) is 5.75 Å². The first kappa shape index (κ1) is 12.2. The molecule has 0 aliphatic carbocycles. The van der Waals surface area contributed by atoms with Crippen molar-refractivity contribution in [3.8, 4) is 5.75 Å². The lowest BCUT2D eigenvalue weighted by Gasteiger charge is -2.11. The summed E-state index contributed by atoms with van der Waals surface area (Å²) in [6, 6.07) is 0.985. The molecule has 1 heterocycles. The van der Waals surface area contributed by atoms with Crippen LogP contribution in [0, 0.1) is 0 Å². The lowest BCUT2D eigenvalue weighted by atomic mass is 10.1. The van der Waals surface area contributed by atoms with E-state index in [1.54, 1.807) is 0 Å². The predicted octanol–water partition coefficient (Wildman–Crippen LogP) is 1.24. The van der Waals surface area contributed by atoms with Crippen LogP contribution in [-0.4, -0.2) is 23.2 Å². The van der Waals surface area contributed by atoms with Gasteiger partial charge in [-0.05, 0) is 0 Å². The number of halogens is 2. The van der Waals surface area contributed by atoms with Crippen molar-refractivity contribution in [3.63, 3.8) is 0 Å². The average molecular weight is 232 g/mol. The van der Waals surface area contributed by atoms with Gasteiger partial charge in [0.25, 0.3) is 6.43 Å². The van der Waals surface area contributed by atoms with Crippen molar-refractivity contribution in [2.45, 2.75) is 12.8 Å². The van der Waals surface area contributed by atoms with Gasteiger partial charge in [-0.15, -0.1) is 0 Å². The molecule has 5 nitrogen and oxygen atoms in total.